The van der Waals surface area contributed by atoms with Crippen LogP contribution in [0.15, 0.2) is 36.4 Å². The van der Waals surface area contributed by atoms with Crippen molar-refractivity contribution in [1.29, 1.82) is 0 Å². The van der Waals surface area contributed by atoms with E-state index >= 15 is 0 Å². The largest absolute Gasteiger partial charge is 0.494 e. The van der Waals surface area contributed by atoms with Crippen molar-refractivity contribution in [3.05, 3.63) is 59.2 Å². The first kappa shape index (κ1) is 14.0. The normalized spacial score (nSPS) is 10.2. The maximum absolute atomic E-state index is 14.0. The second-order valence-corrected chi connectivity index (χ2v) is 3.97. The van der Waals surface area contributed by atoms with E-state index in [1.165, 1.54) is 50.6 Å². The summed E-state index contributed by atoms with van der Waals surface area (Å²) in [6.07, 6.45) is 0. The lowest BCUT2D eigenvalue weighted by Gasteiger charge is -2.09. The van der Waals surface area contributed by atoms with E-state index in [9.17, 15) is 13.6 Å². The average molecular weight is 278 g/mol. The fourth-order valence-corrected chi connectivity index (χ4v) is 1.83. The number of methoxy groups -OCH3 is 2. The van der Waals surface area contributed by atoms with Gasteiger partial charge in [-0.3, -0.25) is 4.79 Å². The number of carbonyl (C=O) groups excluding carboxylic acids is 1. The summed E-state index contributed by atoms with van der Waals surface area (Å²) < 4.78 is 37.6. The lowest BCUT2D eigenvalue weighted by molar-refractivity contribution is 0.103. The molecule has 3 nitrogen and oxygen atoms in total. The summed E-state index contributed by atoms with van der Waals surface area (Å²) in [5, 5.41) is 0. The Kier molecular flexibility index (Phi) is 3.98. The van der Waals surface area contributed by atoms with E-state index in [0.717, 1.165) is 0 Å². The van der Waals surface area contributed by atoms with E-state index in [2.05, 4.69) is 0 Å². The number of ketones is 1. The molecule has 0 aromatic heterocycles. The molecule has 0 bridgehead atoms. The molecule has 0 saturated carbocycles. The molecule has 0 spiro atoms. The number of ether oxygens (including phenoxy) is 2. The molecular weight excluding hydrogens is 266 g/mol. The van der Waals surface area contributed by atoms with E-state index in [1.54, 1.807) is 0 Å². The van der Waals surface area contributed by atoms with Crippen LogP contribution >= 0.6 is 0 Å². The molecule has 0 aliphatic heterocycles. The first-order chi connectivity index (χ1) is 9.60. The van der Waals surface area contributed by atoms with Crippen molar-refractivity contribution in [1.82, 2.24) is 0 Å². The van der Waals surface area contributed by atoms with Gasteiger partial charge in [-0.1, -0.05) is 12.1 Å². The van der Waals surface area contributed by atoms with Gasteiger partial charge in [-0.25, -0.2) is 8.78 Å². The van der Waals surface area contributed by atoms with Crippen LogP contribution in [0.1, 0.15) is 15.9 Å². The molecule has 0 fully saturated rings. The van der Waals surface area contributed by atoms with Crippen molar-refractivity contribution >= 4 is 5.78 Å². The number of hydrogen-bond donors (Lipinski definition) is 0. The van der Waals surface area contributed by atoms with Crippen molar-refractivity contribution in [3.8, 4) is 11.5 Å². The van der Waals surface area contributed by atoms with Gasteiger partial charge in [-0.2, -0.15) is 0 Å². The van der Waals surface area contributed by atoms with Crippen molar-refractivity contribution < 1.29 is 23.0 Å². The fraction of sp³-hybridized carbons (Fsp3) is 0.133. The third kappa shape index (κ3) is 2.34. The Morgan fingerprint density at radius 2 is 1.25 bits per heavy atom. The predicted octanol–water partition coefficient (Wildman–Crippen LogP) is 3.21. The van der Waals surface area contributed by atoms with Gasteiger partial charge in [0.25, 0.3) is 0 Å². The number of benzene rings is 2. The van der Waals surface area contributed by atoms with Crippen LogP contribution < -0.4 is 9.47 Å². The standard InChI is InChI=1S/C15H12F2O3/c1-19-11-7-3-5-9(13(11)16)15(18)10-6-4-8-12(20-2)14(10)17/h3-8H,1-2H3. The summed E-state index contributed by atoms with van der Waals surface area (Å²) in [4.78, 5) is 12.2. The molecule has 0 amide bonds. The molecule has 0 aliphatic carbocycles. The summed E-state index contributed by atoms with van der Waals surface area (Å²) in [6, 6.07) is 8.25. The minimum atomic E-state index is -0.817. The van der Waals surface area contributed by atoms with Crippen molar-refractivity contribution in [2.24, 2.45) is 0 Å². The number of hydrogen-bond acceptors (Lipinski definition) is 3. The van der Waals surface area contributed by atoms with Gasteiger partial charge >= 0.3 is 0 Å². The van der Waals surface area contributed by atoms with Gasteiger partial charge in [-0.15, -0.1) is 0 Å². The van der Waals surface area contributed by atoms with E-state index in [-0.39, 0.29) is 22.6 Å². The Balaban J connectivity index is 2.52. The molecule has 5 heteroatoms. The van der Waals surface area contributed by atoms with Crippen molar-refractivity contribution in [2.75, 3.05) is 14.2 Å². The van der Waals surface area contributed by atoms with E-state index in [4.69, 9.17) is 9.47 Å². The first-order valence-electron chi connectivity index (χ1n) is 5.79. The smallest absolute Gasteiger partial charge is 0.199 e. The highest BCUT2D eigenvalue weighted by Crippen LogP contribution is 2.26. The van der Waals surface area contributed by atoms with Crippen LogP contribution in [0, 0.1) is 11.6 Å². The molecule has 2 aromatic carbocycles. The zero-order valence-electron chi connectivity index (χ0n) is 10.9. The average Bonchev–Trinajstić information content (AvgIpc) is 2.47. The fourth-order valence-electron chi connectivity index (χ4n) is 1.83. The Hall–Kier alpha value is -2.43. The maximum atomic E-state index is 14.0. The minimum absolute atomic E-state index is 0.0702. The zero-order chi connectivity index (χ0) is 14.7. The number of halogens is 2. The summed E-state index contributed by atoms with van der Waals surface area (Å²) in [6.45, 7) is 0. The second-order valence-electron chi connectivity index (χ2n) is 3.97. The van der Waals surface area contributed by atoms with Crippen molar-refractivity contribution in [3.63, 3.8) is 0 Å². The molecule has 2 rings (SSSR count). The van der Waals surface area contributed by atoms with Gasteiger partial charge in [0.05, 0.1) is 25.3 Å². The van der Waals surface area contributed by atoms with Crippen LogP contribution in [0.3, 0.4) is 0 Å². The topological polar surface area (TPSA) is 35.5 Å². The Labute approximate surface area is 114 Å². The highest BCUT2D eigenvalue weighted by molar-refractivity contribution is 6.09. The molecule has 0 aliphatic rings. The van der Waals surface area contributed by atoms with Crippen LogP contribution in [0.2, 0.25) is 0 Å². The molecule has 2 aromatic rings. The summed E-state index contributed by atoms with van der Waals surface area (Å²) in [7, 11) is 2.58. The minimum Gasteiger partial charge on any atom is -0.494 e. The van der Waals surface area contributed by atoms with Crippen LogP contribution in [0.25, 0.3) is 0 Å². The molecule has 0 N–H and O–H groups in total. The summed E-state index contributed by atoms with van der Waals surface area (Å²) in [5.74, 6) is -2.54. The van der Waals surface area contributed by atoms with Gasteiger partial charge in [0.2, 0.25) is 0 Å². The summed E-state index contributed by atoms with van der Waals surface area (Å²) >= 11 is 0. The zero-order valence-corrected chi connectivity index (χ0v) is 10.9. The van der Waals surface area contributed by atoms with E-state index < -0.39 is 17.4 Å². The molecule has 0 radical (unpaired) electrons. The Morgan fingerprint density at radius 3 is 1.60 bits per heavy atom. The lowest BCUT2D eigenvalue weighted by Crippen LogP contribution is -2.08. The number of carbonyl (C=O) groups is 1. The van der Waals surface area contributed by atoms with E-state index in [0.29, 0.717) is 0 Å². The van der Waals surface area contributed by atoms with Gasteiger partial charge in [0.1, 0.15) is 0 Å². The molecule has 20 heavy (non-hydrogen) atoms. The van der Waals surface area contributed by atoms with Gasteiger partial charge < -0.3 is 9.47 Å². The van der Waals surface area contributed by atoms with Crippen LogP contribution in [-0.4, -0.2) is 20.0 Å². The molecule has 0 unspecified atom stereocenters. The van der Waals surface area contributed by atoms with Crippen molar-refractivity contribution in [2.45, 2.75) is 0 Å². The molecule has 104 valence electrons. The quantitative estimate of drug-likeness (QED) is 0.806. The Morgan fingerprint density at radius 1 is 0.850 bits per heavy atom. The molecule has 0 atom stereocenters. The molecule has 0 heterocycles. The molecular formula is C15H12F2O3. The van der Waals surface area contributed by atoms with Crippen LogP contribution in [-0.2, 0) is 0 Å². The van der Waals surface area contributed by atoms with Gasteiger partial charge in [0.15, 0.2) is 28.9 Å². The lowest BCUT2D eigenvalue weighted by atomic mass is 10.0. The second kappa shape index (κ2) is 5.69. The van der Waals surface area contributed by atoms with Gasteiger partial charge in [-0.05, 0) is 24.3 Å². The highest BCUT2D eigenvalue weighted by Gasteiger charge is 2.21. The maximum Gasteiger partial charge on any atom is 0.199 e. The Bertz CT molecular complexity index is 598. The van der Waals surface area contributed by atoms with Crippen LogP contribution in [0.4, 0.5) is 8.78 Å². The highest BCUT2D eigenvalue weighted by atomic mass is 19.1. The SMILES string of the molecule is COc1cccc(C(=O)c2cccc(OC)c2F)c1F. The molecule has 0 saturated heterocycles. The predicted molar refractivity (Wildman–Crippen MR) is 69.3 cm³/mol. The van der Waals surface area contributed by atoms with Crippen LogP contribution in [0.5, 0.6) is 11.5 Å². The summed E-state index contributed by atoms with van der Waals surface area (Å²) in [5.41, 5.74) is -0.506. The van der Waals surface area contributed by atoms with Gasteiger partial charge in [0, 0.05) is 0 Å². The monoisotopic (exact) mass is 278 g/mol. The van der Waals surface area contributed by atoms with E-state index in [1.807, 2.05) is 0 Å². The third-order valence-corrected chi connectivity index (χ3v) is 2.86. The first-order valence-corrected chi connectivity index (χ1v) is 5.79. The third-order valence-electron chi connectivity index (χ3n) is 2.86. The number of rotatable bonds is 4.